The highest BCUT2D eigenvalue weighted by Gasteiger charge is 2.20. The quantitative estimate of drug-likeness (QED) is 0.768. The molecule has 4 heteroatoms. The first-order chi connectivity index (χ1) is 8.65. The Morgan fingerprint density at radius 3 is 2.94 bits per heavy atom. The Morgan fingerprint density at radius 1 is 1.50 bits per heavy atom. The van der Waals surface area contributed by atoms with Crippen LogP contribution >= 0.6 is 0 Å². The van der Waals surface area contributed by atoms with E-state index < -0.39 is 0 Å². The van der Waals surface area contributed by atoms with Crippen molar-refractivity contribution in [2.24, 2.45) is 5.73 Å². The summed E-state index contributed by atoms with van der Waals surface area (Å²) in [4.78, 5) is 10.7. The Balaban J connectivity index is 1.94. The highest BCUT2D eigenvalue weighted by molar-refractivity contribution is 5.73. The van der Waals surface area contributed by atoms with Gasteiger partial charge in [0.25, 0.3) is 0 Å². The van der Waals surface area contributed by atoms with E-state index in [4.69, 9.17) is 10.5 Å². The molecule has 2 rings (SSSR count). The number of rotatable bonds is 7. The third-order valence-corrected chi connectivity index (χ3v) is 2.98. The molecule has 1 saturated carbocycles. The lowest BCUT2D eigenvalue weighted by atomic mass is 10.1. The molecule has 0 unspecified atom stereocenters. The van der Waals surface area contributed by atoms with Crippen LogP contribution in [0.2, 0.25) is 0 Å². The zero-order chi connectivity index (χ0) is 13.0. The summed E-state index contributed by atoms with van der Waals surface area (Å²) < 4.78 is 5.61. The number of ether oxygens (including phenoxy) is 1. The number of primary amides is 1. The molecule has 1 aromatic carbocycles. The van der Waals surface area contributed by atoms with Crippen LogP contribution in [-0.4, -0.2) is 18.6 Å². The van der Waals surface area contributed by atoms with E-state index in [1.165, 1.54) is 18.4 Å². The molecular formula is C14H20N2O2. The Bertz CT molecular complexity index is 428. The molecule has 1 aliphatic rings. The summed E-state index contributed by atoms with van der Waals surface area (Å²) in [6.07, 6.45) is 2.79. The van der Waals surface area contributed by atoms with Gasteiger partial charge in [-0.1, -0.05) is 17.7 Å². The largest absolute Gasteiger partial charge is 0.493 e. The second-order valence-corrected chi connectivity index (χ2v) is 4.83. The van der Waals surface area contributed by atoms with Crippen LogP contribution in [0, 0.1) is 6.92 Å². The molecule has 0 atom stereocenters. The topological polar surface area (TPSA) is 64.3 Å². The number of amides is 1. The van der Waals surface area contributed by atoms with Gasteiger partial charge in [0.1, 0.15) is 5.75 Å². The highest BCUT2D eigenvalue weighted by atomic mass is 16.5. The molecule has 3 N–H and O–H groups in total. The van der Waals surface area contributed by atoms with Crippen molar-refractivity contribution < 1.29 is 9.53 Å². The molecule has 1 fully saturated rings. The van der Waals surface area contributed by atoms with Gasteiger partial charge in [-0.05, 0) is 25.8 Å². The molecule has 0 bridgehead atoms. The molecule has 0 aliphatic heterocycles. The van der Waals surface area contributed by atoms with Gasteiger partial charge in [-0.25, -0.2) is 0 Å². The van der Waals surface area contributed by atoms with Crippen LogP contribution in [-0.2, 0) is 11.3 Å². The summed E-state index contributed by atoms with van der Waals surface area (Å²) >= 11 is 0. The maximum Gasteiger partial charge on any atom is 0.220 e. The minimum atomic E-state index is -0.334. The Morgan fingerprint density at radius 2 is 2.28 bits per heavy atom. The summed E-state index contributed by atoms with van der Waals surface area (Å²) in [5.74, 6) is 0.509. The van der Waals surface area contributed by atoms with Crippen LogP contribution in [0.15, 0.2) is 18.2 Å². The van der Waals surface area contributed by atoms with Crippen molar-refractivity contribution in [1.82, 2.24) is 5.32 Å². The summed E-state index contributed by atoms with van der Waals surface area (Å²) in [6, 6.07) is 6.76. The number of hydrogen-bond donors (Lipinski definition) is 2. The van der Waals surface area contributed by atoms with Crippen LogP contribution in [0.3, 0.4) is 0 Å². The fraction of sp³-hybridized carbons (Fsp3) is 0.500. The first-order valence-corrected chi connectivity index (χ1v) is 6.39. The Labute approximate surface area is 108 Å². The van der Waals surface area contributed by atoms with Gasteiger partial charge in [-0.3, -0.25) is 4.79 Å². The van der Waals surface area contributed by atoms with Gasteiger partial charge >= 0.3 is 0 Å². The van der Waals surface area contributed by atoms with E-state index in [0.29, 0.717) is 12.6 Å². The maximum absolute atomic E-state index is 10.7. The first-order valence-electron chi connectivity index (χ1n) is 6.39. The van der Waals surface area contributed by atoms with E-state index in [0.717, 1.165) is 17.9 Å². The van der Waals surface area contributed by atoms with Crippen LogP contribution in [0.5, 0.6) is 5.75 Å². The van der Waals surface area contributed by atoms with Gasteiger partial charge in [0.15, 0.2) is 0 Å². The molecule has 4 nitrogen and oxygen atoms in total. The van der Waals surface area contributed by atoms with Crippen molar-refractivity contribution in [2.75, 3.05) is 6.61 Å². The van der Waals surface area contributed by atoms with Gasteiger partial charge in [0.2, 0.25) is 5.91 Å². The molecule has 98 valence electrons. The smallest absolute Gasteiger partial charge is 0.220 e. The van der Waals surface area contributed by atoms with E-state index in [9.17, 15) is 4.79 Å². The van der Waals surface area contributed by atoms with E-state index in [1.54, 1.807) is 0 Å². The fourth-order valence-corrected chi connectivity index (χ4v) is 1.79. The molecule has 0 radical (unpaired) electrons. The number of nitrogens with two attached hydrogens (primary N) is 1. The summed E-state index contributed by atoms with van der Waals surface area (Å²) in [5, 5.41) is 3.47. The predicted molar refractivity (Wildman–Crippen MR) is 70.3 cm³/mol. The maximum atomic E-state index is 10.7. The minimum Gasteiger partial charge on any atom is -0.493 e. The van der Waals surface area contributed by atoms with Crippen molar-refractivity contribution in [1.29, 1.82) is 0 Å². The SMILES string of the molecule is Cc1ccc(OCCC(N)=O)c(CNC2CC2)c1. The standard InChI is InChI=1S/C14H20N2O2/c1-10-2-5-13(18-7-6-14(15)17)11(8-10)9-16-12-3-4-12/h2,5,8,12,16H,3-4,6-7,9H2,1H3,(H2,15,17). The normalized spacial score (nSPS) is 14.5. The Kier molecular flexibility index (Phi) is 4.20. The third-order valence-electron chi connectivity index (χ3n) is 2.98. The van der Waals surface area contributed by atoms with Crippen molar-refractivity contribution in [3.8, 4) is 5.75 Å². The summed E-state index contributed by atoms with van der Waals surface area (Å²) in [7, 11) is 0. The zero-order valence-corrected chi connectivity index (χ0v) is 10.7. The second-order valence-electron chi connectivity index (χ2n) is 4.83. The summed E-state index contributed by atoms with van der Waals surface area (Å²) in [6.45, 7) is 3.22. The monoisotopic (exact) mass is 248 g/mol. The number of hydrogen-bond acceptors (Lipinski definition) is 3. The number of carbonyl (C=O) groups is 1. The van der Waals surface area contributed by atoms with Gasteiger partial charge in [-0.2, -0.15) is 0 Å². The Hall–Kier alpha value is -1.55. The molecule has 1 amide bonds. The van der Waals surface area contributed by atoms with E-state index >= 15 is 0 Å². The van der Waals surface area contributed by atoms with Gasteiger partial charge in [-0.15, -0.1) is 0 Å². The average Bonchev–Trinajstić information content (AvgIpc) is 3.12. The molecular weight excluding hydrogens is 228 g/mol. The highest BCUT2D eigenvalue weighted by Crippen LogP contribution is 2.23. The average molecular weight is 248 g/mol. The van der Waals surface area contributed by atoms with E-state index in [2.05, 4.69) is 18.3 Å². The van der Waals surface area contributed by atoms with Gasteiger partial charge < -0.3 is 15.8 Å². The lowest BCUT2D eigenvalue weighted by molar-refractivity contribution is -0.118. The number of aryl methyl sites for hydroxylation is 1. The fourth-order valence-electron chi connectivity index (χ4n) is 1.79. The molecule has 0 heterocycles. The summed E-state index contributed by atoms with van der Waals surface area (Å²) in [5.41, 5.74) is 7.45. The first kappa shape index (κ1) is 12.9. The number of carbonyl (C=O) groups excluding carboxylic acids is 1. The lowest BCUT2D eigenvalue weighted by Gasteiger charge is -2.12. The van der Waals surface area contributed by atoms with Crippen LogP contribution in [0.1, 0.15) is 30.4 Å². The molecule has 18 heavy (non-hydrogen) atoms. The van der Waals surface area contributed by atoms with Crippen LogP contribution in [0.4, 0.5) is 0 Å². The van der Waals surface area contributed by atoms with Crippen molar-refractivity contribution in [3.63, 3.8) is 0 Å². The third kappa shape index (κ3) is 4.04. The number of nitrogens with one attached hydrogen (secondary N) is 1. The van der Waals surface area contributed by atoms with Crippen molar-refractivity contribution in [3.05, 3.63) is 29.3 Å². The zero-order valence-electron chi connectivity index (χ0n) is 10.7. The van der Waals surface area contributed by atoms with E-state index in [-0.39, 0.29) is 12.3 Å². The molecule has 0 saturated heterocycles. The minimum absolute atomic E-state index is 0.253. The number of benzene rings is 1. The van der Waals surface area contributed by atoms with Crippen LogP contribution in [0.25, 0.3) is 0 Å². The predicted octanol–water partition coefficient (Wildman–Crippen LogP) is 1.50. The van der Waals surface area contributed by atoms with Crippen LogP contribution < -0.4 is 15.8 Å². The molecule has 0 aromatic heterocycles. The van der Waals surface area contributed by atoms with Gasteiger partial charge in [0.05, 0.1) is 13.0 Å². The van der Waals surface area contributed by atoms with Crippen molar-refractivity contribution in [2.45, 2.75) is 38.8 Å². The molecule has 1 aliphatic carbocycles. The lowest BCUT2D eigenvalue weighted by Crippen LogP contribution is -2.17. The molecule has 1 aromatic rings. The van der Waals surface area contributed by atoms with E-state index in [1.807, 2.05) is 12.1 Å². The second kappa shape index (κ2) is 5.87. The van der Waals surface area contributed by atoms with Crippen molar-refractivity contribution >= 4 is 5.91 Å². The van der Waals surface area contributed by atoms with Gasteiger partial charge in [0, 0.05) is 18.2 Å². The molecule has 0 spiro atoms.